The second kappa shape index (κ2) is 6.22. The van der Waals surface area contributed by atoms with Crippen molar-refractivity contribution in [2.24, 2.45) is 0 Å². The third-order valence-electron chi connectivity index (χ3n) is 0.893. The topological polar surface area (TPSA) is 58.2 Å². The molecule has 0 fully saturated rings. The van der Waals surface area contributed by atoms with Crippen molar-refractivity contribution in [1.82, 2.24) is 10.6 Å². The summed E-state index contributed by atoms with van der Waals surface area (Å²) in [4.78, 5) is 20.2. The van der Waals surface area contributed by atoms with Crippen molar-refractivity contribution >= 4 is 12.2 Å². The molecule has 1 amide bonds. The molecule has 2 N–H and O–H groups in total. The van der Waals surface area contributed by atoms with E-state index in [1.54, 1.807) is 6.29 Å². The lowest BCUT2D eigenvalue weighted by Crippen LogP contribution is -2.34. The van der Waals surface area contributed by atoms with Gasteiger partial charge in [0.25, 0.3) is 0 Å². The molecule has 0 aliphatic heterocycles. The van der Waals surface area contributed by atoms with Crippen molar-refractivity contribution in [3.05, 3.63) is 0 Å². The predicted molar refractivity (Wildman–Crippen MR) is 37.2 cm³/mol. The van der Waals surface area contributed by atoms with Crippen LogP contribution in [0.3, 0.4) is 0 Å². The van der Waals surface area contributed by atoms with E-state index in [0.29, 0.717) is 0 Å². The van der Waals surface area contributed by atoms with Gasteiger partial charge in [0.15, 0.2) is 0 Å². The largest absolute Gasteiger partial charge is 0.347 e. The number of carbonyl (C=O) groups is 1. The van der Waals surface area contributed by atoms with E-state index >= 15 is 0 Å². The van der Waals surface area contributed by atoms with Crippen LogP contribution in [-0.4, -0.2) is 31.8 Å². The van der Waals surface area contributed by atoms with Crippen LogP contribution in [0.5, 0.6) is 0 Å². The number of carbonyl (C=O) groups excluding carboxylic acids is 2. The number of likely N-dealkylation sites (N-methyl/N-ethyl adjacent to an activating group) is 1. The molecule has 0 atom stereocenters. The van der Waals surface area contributed by atoms with E-state index in [9.17, 15) is 9.59 Å². The summed E-state index contributed by atoms with van der Waals surface area (Å²) in [5, 5.41) is 5.16. The van der Waals surface area contributed by atoms with Crippen LogP contribution in [0.15, 0.2) is 0 Å². The third kappa shape index (κ3) is 5.24. The molecule has 0 aromatic rings. The Bertz CT molecular complexity index is 114. The van der Waals surface area contributed by atoms with E-state index in [1.807, 2.05) is 6.92 Å². The fourth-order valence-corrected chi connectivity index (χ4v) is 0.436. The van der Waals surface area contributed by atoms with Crippen molar-refractivity contribution in [1.29, 1.82) is 0 Å². The van der Waals surface area contributed by atoms with Crippen LogP contribution in [-0.2, 0) is 9.59 Å². The minimum Gasteiger partial charge on any atom is -0.347 e. The Hall–Kier alpha value is -0.900. The summed E-state index contributed by atoms with van der Waals surface area (Å²) in [7, 11) is 0. The van der Waals surface area contributed by atoms with E-state index < -0.39 is 0 Å². The molecule has 0 aliphatic rings. The summed E-state index contributed by atoms with van der Waals surface area (Å²) in [6.07, 6.45) is 1.57. The Morgan fingerprint density at radius 3 is 2.80 bits per heavy atom. The molecule has 0 aromatic heterocycles. The standard InChI is InChI=1S/C6H11N2O2/c1-2-7-5-6(10)8-3-4-9/h7H,2-3,5H2,1H3,(H,8,10). The van der Waals surface area contributed by atoms with E-state index in [-0.39, 0.29) is 19.0 Å². The second-order valence-electron chi connectivity index (χ2n) is 1.70. The molecule has 57 valence electrons. The molecule has 10 heavy (non-hydrogen) atoms. The Morgan fingerprint density at radius 2 is 2.30 bits per heavy atom. The van der Waals surface area contributed by atoms with Gasteiger partial charge >= 0.3 is 0 Å². The van der Waals surface area contributed by atoms with Crippen LogP contribution in [0.2, 0.25) is 0 Å². The minimum atomic E-state index is -0.176. The van der Waals surface area contributed by atoms with Gasteiger partial charge in [-0.1, -0.05) is 6.92 Å². The summed E-state index contributed by atoms with van der Waals surface area (Å²) < 4.78 is 0. The number of rotatable bonds is 5. The SMILES string of the molecule is CCNCC(=O)NC[C]=O. The van der Waals surface area contributed by atoms with Gasteiger partial charge in [-0.3, -0.25) is 9.59 Å². The van der Waals surface area contributed by atoms with Gasteiger partial charge in [0.2, 0.25) is 12.2 Å². The molecule has 1 radical (unpaired) electrons. The second-order valence-corrected chi connectivity index (χ2v) is 1.70. The maximum atomic E-state index is 10.6. The van der Waals surface area contributed by atoms with E-state index in [0.717, 1.165) is 6.54 Å². The first-order valence-electron chi connectivity index (χ1n) is 3.13. The lowest BCUT2D eigenvalue weighted by atomic mass is 10.5. The van der Waals surface area contributed by atoms with E-state index in [2.05, 4.69) is 10.6 Å². The number of nitrogens with one attached hydrogen (secondary N) is 2. The molecule has 0 saturated carbocycles. The van der Waals surface area contributed by atoms with E-state index in [1.165, 1.54) is 0 Å². The van der Waals surface area contributed by atoms with Gasteiger partial charge in [-0.05, 0) is 6.54 Å². The van der Waals surface area contributed by atoms with Gasteiger partial charge in [-0.2, -0.15) is 0 Å². The first-order valence-corrected chi connectivity index (χ1v) is 3.13. The van der Waals surface area contributed by atoms with Crippen molar-refractivity contribution in [2.45, 2.75) is 6.92 Å². The average Bonchev–Trinajstić information content (AvgIpc) is 1.97. The summed E-state index contributed by atoms with van der Waals surface area (Å²) in [6, 6.07) is 0. The van der Waals surface area contributed by atoms with Gasteiger partial charge in [0, 0.05) is 0 Å². The summed E-state index contributed by atoms with van der Waals surface area (Å²) in [6.45, 7) is 2.89. The quantitative estimate of drug-likeness (QED) is 0.509. The maximum absolute atomic E-state index is 10.6. The molecule has 0 rings (SSSR count). The molecule has 0 bridgehead atoms. The zero-order valence-corrected chi connectivity index (χ0v) is 5.94. The predicted octanol–water partition coefficient (Wildman–Crippen LogP) is -1.18. The molecule has 0 heterocycles. The number of hydrogen-bond donors (Lipinski definition) is 2. The zero-order chi connectivity index (χ0) is 7.82. The monoisotopic (exact) mass is 143 g/mol. The van der Waals surface area contributed by atoms with Crippen LogP contribution in [0.25, 0.3) is 0 Å². The Labute approximate surface area is 60.0 Å². The lowest BCUT2D eigenvalue weighted by Gasteiger charge is -1.99. The summed E-state index contributed by atoms with van der Waals surface area (Å²) in [5.74, 6) is -0.176. The highest BCUT2D eigenvalue weighted by Crippen LogP contribution is 1.61. The summed E-state index contributed by atoms with van der Waals surface area (Å²) in [5.41, 5.74) is 0. The normalized spacial score (nSPS) is 8.90. The Morgan fingerprint density at radius 1 is 1.60 bits per heavy atom. The molecule has 0 aromatic carbocycles. The molecule has 0 aliphatic carbocycles. The van der Waals surface area contributed by atoms with Gasteiger partial charge in [0.1, 0.15) is 0 Å². The molecular weight excluding hydrogens is 132 g/mol. The minimum absolute atomic E-state index is 0.0236. The third-order valence-corrected chi connectivity index (χ3v) is 0.893. The van der Waals surface area contributed by atoms with Crippen LogP contribution in [0, 0.1) is 0 Å². The first kappa shape index (κ1) is 9.10. The fraction of sp³-hybridized carbons (Fsp3) is 0.667. The molecule has 0 spiro atoms. The van der Waals surface area contributed by atoms with Gasteiger partial charge in [-0.25, -0.2) is 0 Å². The van der Waals surface area contributed by atoms with Crippen molar-refractivity contribution in [3.8, 4) is 0 Å². The molecule has 0 unspecified atom stereocenters. The van der Waals surface area contributed by atoms with Crippen molar-refractivity contribution in [3.63, 3.8) is 0 Å². The molecule has 4 heteroatoms. The Balaban J connectivity index is 3.16. The van der Waals surface area contributed by atoms with Crippen LogP contribution < -0.4 is 10.6 Å². The zero-order valence-electron chi connectivity index (χ0n) is 5.94. The summed E-state index contributed by atoms with van der Waals surface area (Å²) >= 11 is 0. The highest BCUT2D eigenvalue weighted by atomic mass is 16.2. The van der Waals surface area contributed by atoms with Crippen LogP contribution in [0.4, 0.5) is 0 Å². The van der Waals surface area contributed by atoms with Gasteiger partial charge < -0.3 is 10.6 Å². The first-order chi connectivity index (χ1) is 4.81. The lowest BCUT2D eigenvalue weighted by molar-refractivity contribution is -0.119. The Kier molecular flexibility index (Phi) is 5.66. The highest BCUT2D eigenvalue weighted by Gasteiger charge is 1.95. The van der Waals surface area contributed by atoms with Gasteiger partial charge in [-0.15, -0.1) is 0 Å². The molecule has 0 saturated heterocycles. The van der Waals surface area contributed by atoms with Crippen molar-refractivity contribution < 1.29 is 9.59 Å². The van der Waals surface area contributed by atoms with E-state index in [4.69, 9.17) is 0 Å². The molecule has 4 nitrogen and oxygen atoms in total. The average molecular weight is 143 g/mol. The number of amides is 1. The van der Waals surface area contributed by atoms with Crippen LogP contribution in [0.1, 0.15) is 6.92 Å². The van der Waals surface area contributed by atoms with Crippen LogP contribution >= 0.6 is 0 Å². The highest BCUT2D eigenvalue weighted by molar-refractivity contribution is 5.80. The fourth-order valence-electron chi connectivity index (χ4n) is 0.436. The van der Waals surface area contributed by atoms with Crippen molar-refractivity contribution in [2.75, 3.05) is 19.6 Å². The molecular formula is C6H11N2O2. The number of hydrogen-bond acceptors (Lipinski definition) is 3. The van der Waals surface area contributed by atoms with Gasteiger partial charge in [0.05, 0.1) is 13.1 Å². The maximum Gasteiger partial charge on any atom is 0.234 e. The smallest absolute Gasteiger partial charge is 0.234 e.